The van der Waals surface area contributed by atoms with Crippen molar-refractivity contribution in [3.05, 3.63) is 45.8 Å². The molecule has 27 heavy (non-hydrogen) atoms. The molecule has 1 atom stereocenters. The van der Waals surface area contributed by atoms with Crippen molar-refractivity contribution in [2.75, 3.05) is 10.6 Å². The highest BCUT2D eigenvalue weighted by atomic mass is 32.1. The zero-order valence-corrected chi connectivity index (χ0v) is 16.2. The lowest BCUT2D eigenvalue weighted by atomic mass is 10.1. The van der Waals surface area contributed by atoms with Crippen molar-refractivity contribution >= 4 is 39.8 Å². The third-order valence-electron chi connectivity index (χ3n) is 3.81. The van der Waals surface area contributed by atoms with Gasteiger partial charge in [-0.05, 0) is 50.6 Å². The van der Waals surface area contributed by atoms with Gasteiger partial charge in [0.2, 0.25) is 5.91 Å². The van der Waals surface area contributed by atoms with Crippen LogP contribution in [0.5, 0.6) is 0 Å². The van der Waals surface area contributed by atoms with E-state index in [9.17, 15) is 14.4 Å². The van der Waals surface area contributed by atoms with Gasteiger partial charge in [0, 0.05) is 17.5 Å². The molecule has 0 bridgehead atoms. The molecule has 0 spiro atoms. The molecule has 0 aliphatic rings. The van der Waals surface area contributed by atoms with Crippen LogP contribution in [0.2, 0.25) is 0 Å². The normalized spacial score (nSPS) is 11.2. The van der Waals surface area contributed by atoms with Crippen molar-refractivity contribution in [3.8, 4) is 6.07 Å². The quantitative estimate of drug-likeness (QED) is 0.767. The van der Waals surface area contributed by atoms with Crippen LogP contribution in [0.1, 0.15) is 40.2 Å². The van der Waals surface area contributed by atoms with Crippen molar-refractivity contribution in [3.63, 3.8) is 0 Å². The van der Waals surface area contributed by atoms with Crippen LogP contribution < -0.4 is 10.6 Å². The number of hydrogen-bond acceptors (Lipinski definition) is 6. The van der Waals surface area contributed by atoms with Gasteiger partial charge in [-0.25, -0.2) is 4.79 Å². The minimum Gasteiger partial charge on any atom is -0.449 e. The number of nitrogens with one attached hydrogen (secondary N) is 2. The second-order valence-electron chi connectivity index (χ2n) is 5.89. The van der Waals surface area contributed by atoms with Crippen molar-refractivity contribution < 1.29 is 19.1 Å². The number of nitriles is 1. The molecule has 0 radical (unpaired) electrons. The second kappa shape index (κ2) is 8.47. The van der Waals surface area contributed by atoms with E-state index in [1.54, 1.807) is 31.2 Å². The second-order valence-corrected chi connectivity index (χ2v) is 7.12. The number of ether oxygens (including phenoxy) is 1. The van der Waals surface area contributed by atoms with Gasteiger partial charge >= 0.3 is 5.97 Å². The van der Waals surface area contributed by atoms with Gasteiger partial charge in [0.1, 0.15) is 5.00 Å². The molecule has 0 saturated carbocycles. The number of benzene rings is 1. The summed E-state index contributed by atoms with van der Waals surface area (Å²) in [6.45, 7) is 6.41. The number of aryl methyl sites for hydroxylation is 1. The average molecular weight is 385 g/mol. The highest BCUT2D eigenvalue weighted by Gasteiger charge is 2.25. The minimum absolute atomic E-state index is 0.255. The number of carbonyl (C=O) groups excluding carboxylic acids is 3. The molecule has 7 nitrogen and oxygen atoms in total. The van der Waals surface area contributed by atoms with E-state index in [0.717, 1.165) is 4.88 Å². The van der Waals surface area contributed by atoms with Crippen LogP contribution in [-0.4, -0.2) is 23.9 Å². The maximum Gasteiger partial charge on any atom is 0.342 e. The Labute approximate surface area is 161 Å². The lowest BCUT2D eigenvalue weighted by molar-refractivity contribution is -0.123. The lowest BCUT2D eigenvalue weighted by Gasteiger charge is -2.14. The summed E-state index contributed by atoms with van der Waals surface area (Å²) in [6.07, 6.45) is -1.04. The third kappa shape index (κ3) is 4.92. The smallest absolute Gasteiger partial charge is 0.342 e. The summed E-state index contributed by atoms with van der Waals surface area (Å²) in [7, 11) is 0. The first kappa shape index (κ1) is 20.1. The third-order valence-corrected chi connectivity index (χ3v) is 4.94. The van der Waals surface area contributed by atoms with Gasteiger partial charge in [-0.15, -0.1) is 11.3 Å². The number of thiophene rings is 1. The highest BCUT2D eigenvalue weighted by Crippen LogP contribution is 2.33. The number of esters is 1. The largest absolute Gasteiger partial charge is 0.449 e. The predicted octanol–water partition coefficient (Wildman–Crippen LogP) is 3.38. The first-order chi connectivity index (χ1) is 12.7. The zero-order chi connectivity index (χ0) is 20.1. The number of rotatable bonds is 5. The van der Waals surface area contributed by atoms with Crippen LogP contribution in [0, 0.1) is 25.2 Å². The SMILES string of the molecule is CC(=O)Nc1sc(C)c(C)c1C(=O)O[C@@H](C)C(=O)Nc1ccc(C#N)cc1. The molecule has 2 aromatic rings. The van der Waals surface area contributed by atoms with Crippen LogP contribution in [0.4, 0.5) is 10.7 Å². The topological polar surface area (TPSA) is 108 Å². The van der Waals surface area contributed by atoms with Crippen molar-refractivity contribution in [1.29, 1.82) is 5.26 Å². The molecular weight excluding hydrogens is 366 g/mol. The standard InChI is InChI=1S/C19H19N3O4S/c1-10-12(3)27-18(21-13(4)23)16(10)19(25)26-11(2)17(24)22-15-7-5-14(9-20)6-8-15/h5-8,11H,1-4H3,(H,21,23)(H,22,24)/t11-/m0/s1. The monoisotopic (exact) mass is 385 g/mol. The van der Waals surface area contributed by atoms with Gasteiger partial charge in [0.05, 0.1) is 17.2 Å². The van der Waals surface area contributed by atoms with Gasteiger partial charge in [-0.1, -0.05) is 0 Å². The molecule has 0 aliphatic carbocycles. The summed E-state index contributed by atoms with van der Waals surface area (Å²) in [5.74, 6) is -1.47. The average Bonchev–Trinajstić information content (AvgIpc) is 2.88. The molecule has 140 valence electrons. The maximum atomic E-state index is 12.5. The fraction of sp³-hybridized carbons (Fsp3) is 0.263. The molecule has 1 heterocycles. The molecule has 2 rings (SSSR count). The van der Waals surface area contributed by atoms with Crippen molar-refractivity contribution in [2.24, 2.45) is 0 Å². The minimum atomic E-state index is -1.04. The van der Waals surface area contributed by atoms with E-state index in [1.165, 1.54) is 25.2 Å². The fourth-order valence-electron chi connectivity index (χ4n) is 2.27. The molecule has 0 aliphatic heterocycles. The van der Waals surface area contributed by atoms with Crippen LogP contribution >= 0.6 is 11.3 Å². The van der Waals surface area contributed by atoms with Gasteiger partial charge in [0.15, 0.2) is 6.10 Å². The number of hydrogen-bond donors (Lipinski definition) is 2. The Morgan fingerprint density at radius 1 is 1.15 bits per heavy atom. The van der Waals surface area contributed by atoms with Gasteiger partial charge < -0.3 is 15.4 Å². The molecule has 1 aromatic heterocycles. The predicted molar refractivity (Wildman–Crippen MR) is 103 cm³/mol. The van der Waals surface area contributed by atoms with Crippen molar-refractivity contribution in [2.45, 2.75) is 33.8 Å². The number of nitrogens with zero attached hydrogens (tertiary/aromatic N) is 1. The zero-order valence-electron chi connectivity index (χ0n) is 15.4. The molecule has 0 saturated heterocycles. The van der Waals surface area contributed by atoms with Gasteiger partial charge in [-0.2, -0.15) is 5.26 Å². The number of carbonyl (C=O) groups is 3. The molecule has 1 aromatic carbocycles. The molecule has 2 N–H and O–H groups in total. The Hall–Kier alpha value is -3.18. The fourth-order valence-corrected chi connectivity index (χ4v) is 3.36. The summed E-state index contributed by atoms with van der Waals surface area (Å²) in [6, 6.07) is 8.31. The van der Waals surface area contributed by atoms with E-state index in [0.29, 0.717) is 21.8 Å². The Morgan fingerprint density at radius 2 is 1.78 bits per heavy atom. The summed E-state index contributed by atoms with van der Waals surface area (Å²) in [4.78, 5) is 37.0. The van der Waals surface area contributed by atoms with E-state index in [4.69, 9.17) is 10.00 Å². The van der Waals surface area contributed by atoms with E-state index >= 15 is 0 Å². The lowest BCUT2D eigenvalue weighted by Crippen LogP contribution is -2.30. The number of amides is 2. The van der Waals surface area contributed by atoms with E-state index in [-0.39, 0.29) is 11.5 Å². The summed E-state index contributed by atoms with van der Waals surface area (Å²) in [5.41, 5.74) is 1.92. The molecule has 0 unspecified atom stereocenters. The van der Waals surface area contributed by atoms with E-state index in [1.807, 2.05) is 13.0 Å². The van der Waals surface area contributed by atoms with Gasteiger partial charge in [-0.3, -0.25) is 9.59 Å². The molecule has 2 amide bonds. The summed E-state index contributed by atoms with van der Waals surface area (Å²) < 4.78 is 5.28. The summed E-state index contributed by atoms with van der Waals surface area (Å²) in [5, 5.41) is 14.4. The Kier molecular flexibility index (Phi) is 6.32. The Bertz CT molecular complexity index is 926. The first-order valence-electron chi connectivity index (χ1n) is 8.12. The van der Waals surface area contributed by atoms with Crippen LogP contribution in [0.15, 0.2) is 24.3 Å². The molecule has 0 fully saturated rings. The molecule has 8 heteroatoms. The summed E-state index contributed by atoms with van der Waals surface area (Å²) >= 11 is 1.28. The Morgan fingerprint density at radius 3 is 2.33 bits per heavy atom. The maximum absolute atomic E-state index is 12.5. The number of anilines is 2. The Balaban J connectivity index is 2.09. The van der Waals surface area contributed by atoms with Crippen molar-refractivity contribution in [1.82, 2.24) is 0 Å². The van der Waals surface area contributed by atoms with Gasteiger partial charge in [0.25, 0.3) is 5.91 Å². The van der Waals surface area contributed by atoms with Crippen LogP contribution in [-0.2, 0) is 14.3 Å². The van der Waals surface area contributed by atoms with E-state index in [2.05, 4.69) is 10.6 Å². The van der Waals surface area contributed by atoms with E-state index < -0.39 is 18.0 Å². The molecular formula is C19H19N3O4S. The van der Waals surface area contributed by atoms with Crippen LogP contribution in [0.3, 0.4) is 0 Å². The van der Waals surface area contributed by atoms with Crippen LogP contribution in [0.25, 0.3) is 0 Å². The highest BCUT2D eigenvalue weighted by molar-refractivity contribution is 7.16. The first-order valence-corrected chi connectivity index (χ1v) is 8.94.